The molecule has 0 atom stereocenters. The van der Waals surface area contributed by atoms with E-state index in [1.54, 1.807) is 12.1 Å². The highest BCUT2D eigenvalue weighted by atomic mass is 32.2. The summed E-state index contributed by atoms with van der Waals surface area (Å²) in [7, 11) is -3.51. The highest BCUT2D eigenvalue weighted by Gasteiger charge is 2.11. The molecule has 0 amide bonds. The van der Waals surface area contributed by atoms with Gasteiger partial charge in [0.2, 0.25) is 10.0 Å². The Morgan fingerprint density at radius 1 is 1.29 bits per heavy atom. The van der Waals surface area contributed by atoms with E-state index in [-0.39, 0.29) is 11.6 Å². The second-order valence-electron chi connectivity index (χ2n) is 4.20. The van der Waals surface area contributed by atoms with Gasteiger partial charge in [-0.15, -0.1) is 11.8 Å². The smallest absolute Gasteiger partial charge is 0.234 e. The molecular formula is C13H14FN3O2S2. The van der Waals surface area contributed by atoms with Crippen molar-refractivity contribution in [3.63, 3.8) is 0 Å². The number of halogens is 1. The lowest BCUT2D eigenvalue weighted by Gasteiger charge is -2.07. The first-order valence-corrected chi connectivity index (χ1v) is 8.69. The first kappa shape index (κ1) is 15.6. The second-order valence-corrected chi connectivity index (χ2v) is 7.21. The second kappa shape index (κ2) is 6.77. The van der Waals surface area contributed by atoms with Gasteiger partial charge in [0, 0.05) is 16.3 Å². The number of sulfonamides is 1. The molecule has 0 unspecified atom stereocenters. The quantitative estimate of drug-likeness (QED) is 0.628. The summed E-state index contributed by atoms with van der Waals surface area (Å²) in [6, 6.07) is 9.65. The van der Waals surface area contributed by atoms with Crippen molar-refractivity contribution in [2.75, 3.05) is 22.0 Å². The number of hydrogen-bond acceptors (Lipinski definition) is 5. The minimum atomic E-state index is -3.51. The number of thioether (sulfide) groups is 1. The number of nitrogen functional groups attached to an aromatic ring is 1. The summed E-state index contributed by atoms with van der Waals surface area (Å²) in [6.07, 6.45) is 0.958. The summed E-state index contributed by atoms with van der Waals surface area (Å²) in [5.74, 6) is -0.119. The topological polar surface area (TPSA) is 85.1 Å². The molecular weight excluding hydrogens is 313 g/mol. The molecule has 0 spiro atoms. The van der Waals surface area contributed by atoms with Gasteiger partial charge < -0.3 is 5.73 Å². The van der Waals surface area contributed by atoms with Crippen LogP contribution in [0.2, 0.25) is 0 Å². The first-order valence-electron chi connectivity index (χ1n) is 6.05. The summed E-state index contributed by atoms with van der Waals surface area (Å²) in [4.78, 5) is 4.56. The fourth-order valence-corrected chi connectivity index (χ4v) is 3.90. The molecule has 0 aliphatic heterocycles. The van der Waals surface area contributed by atoms with Crippen LogP contribution in [0.25, 0.3) is 0 Å². The molecule has 0 radical (unpaired) electrons. The summed E-state index contributed by atoms with van der Waals surface area (Å²) in [5.41, 5.74) is 6.28. The number of pyridine rings is 1. The van der Waals surface area contributed by atoms with E-state index < -0.39 is 15.8 Å². The molecule has 112 valence electrons. The fourth-order valence-electron chi connectivity index (χ4n) is 1.52. The number of aromatic nitrogens is 1. The van der Waals surface area contributed by atoms with E-state index in [2.05, 4.69) is 9.71 Å². The van der Waals surface area contributed by atoms with Crippen molar-refractivity contribution >= 4 is 33.3 Å². The van der Waals surface area contributed by atoms with Crippen LogP contribution in [0.5, 0.6) is 0 Å². The number of hydrogen-bond donors (Lipinski definition) is 2. The standard InChI is InChI=1S/C13H14FN3O2S2/c14-10-4-5-13(16-9-10)17-21(18,19)7-6-20-12-3-1-2-11(15)8-12/h1-5,8-9H,6-7,15H2,(H,16,17). The van der Waals surface area contributed by atoms with E-state index in [1.165, 1.54) is 17.8 Å². The molecule has 0 aliphatic carbocycles. The molecule has 0 saturated carbocycles. The zero-order chi connectivity index (χ0) is 15.3. The number of nitrogens with two attached hydrogens (primary N) is 1. The van der Waals surface area contributed by atoms with Crippen molar-refractivity contribution in [2.24, 2.45) is 0 Å². The Hall–Kier alpha value is -1.80. The van der Waals surface area contributed by atoms with Crippen LogP contribution in [0.15, 0.2) is 47.5 Å². The largest absolute Gasteiger partial charge is 0.399 e. The SMILES string of the molecule is Nc1cccc(SCCS(=O)(=O)Nc2ccc(F)cn2)c1. The molecule has 5 nitrogen and oxygen atoms in total. The molecule has 0 fully saturated rings. The number of nitrogens with zero attached hydrogens (tertiary/aromatic N) is 1. The fraction of sp³-hybridized carbons (Fsp3) is 0.154. The van der Waals surface area contributed by atoms with Gasteiger partial charge in [-0.3, -0.25) is 4.72 Å². The molecule has 0 bridgehead atoms. The van der Waals surface area contributed by atoms with Crippen molar-refractivity contribution in [3.05, 3.63) is 48.4 Å². The Labute approximate surface area is 126 Å². The van der Waals surface area contributed by atoms with E-state index in [0.717, 1.165) is 17.2 Å². The molecule has 3 N–H and O–H groups in total. The molecule has 0 saturated heterocycles. The number of anilines is 2. The maximum atomic E-state index is 12.7. The normalized spacial score (nSPS) is 11.3. The van der Waals surface area contributed by atoms with Crippen molar-refractivity contribution in [2.45, 2.75) is 4.90 Å². The third-order valence-electron chi connectivity index (χ3n) is 2.47. The van der Waals surface area contributed by atoms with E-state index >= 15 is 0 Å². The average Bonchev–Trinajstić information content (AvgIpc) is 2.41. The van der Waals surface area contributed by atoms with E-state index in [0.29, 0.717) is 11.4 Å². The minimum absolute atomic E-state index is 0.0779. The van der Waals surface area contributed by atoms with Gasteiger partial charge in [0.1, 0.15) is 11.6 Å². The van der Waals surface area contributed by atoms with Gasteiger partial charge in [-0.2, -0.15) is 0 Å². The van der Waals surface area contributed by atoms with Gasteiger partial charge in [-0.05, 0) is 30.3 Å². The lowest BCUT2D eigenvalue weighted by Crippen LogP contribution is -2.18. The summed E-state index contributed by atoms with van der Waals surface area (Å²) >= 11 is 1.39. The molecule has 1 aromatic carbocycles. The molecule has 2 rings (SSSR count). The van der Waals surface area contributed by atoms with Crippen molar-refractivity contribution in [3.8, 4) is 0 Å². The van der Waals surface area contributed by atoms with Crippen molar-refractivity contribution < 1.29 is 12.8 Å². The summed E-state index contributed by atoms with van der Waals surface area (Å²) < 4.78 is 38.7. The third-order valence-corrected chi connectivity index (χ3v) is 4.98. The molecule has 1 heterocycles. The minimum Gasteiger partial charge on any atom is -0.399 e. The van der Waals surface area contributed by atoms with Crippen LogP contribution in [0.4, 0.5) is 15.9 Å². The van der Waals surface area contributed by atoms with Crippen LogP contribution >= 0.6 is 11.8 Å². The number of nitrogens with one attached hydrogen (secondary N) is 1. The molecule has 8 heteroatoms. The van der Waals surface area contributed by atoms with Gasteiger partial charge in [-0.1, -0.05) is 6.07 Å². The predicted octanol–water partition coefficient (Wildman–Crippen LogP) is 2.34. The van der Waals surface area contributed by atoms with Crippen LogP contribution in [0.3, 0.4) is 0 Å². The highest BCUT2D eigenvalue weighted by molar-refractivity contribution is 8.01. The van der Waals surface area contributed by atoms with E-state index in [9.17, 15) is 12.8 Å². The van der Waals surface area contributed by atoms with Gasteiger partial charge in [0.05, 0.1) is 11.9 Å². The van der Waals surface area contributed by atoms with Gasteiger partial charge >= 0.3 is 0 Å². The highest BCUT2D eigenvalue weighted by Crippen LogP contribution is 2.20. The Balaban J connectivity index is 1.88. The average molecular weight is 327 g/mol. The Morgan fingerprint density at radius 2 is 2.10 bits per heavy atom. The first-order chi connectivity index (χ1) is 9.94. The summed E-state index contributed by atoms with van der Waals surface area (Å²) in [6.45, 7) is 0. The Morgan fingerprint density at radius 3 is 2.76 bits per heavy atom. The van der Waals surface area contributed by atoms with E-state index in [4.69, 9.17) is 5.73 Å². The van der Waals surface area contributed by atoms with Crippen molar-refractivity contribution in [1.29, 1.82) is 0 Å². The summed E-state index contributed by atoms with van der Waals surface area (Å²) in [5, 5.41) is 0. The lowest BCUT2D eigenvalue weighted by atomic mass is 10.3. The number of rotatable bonds is 6. The molecule has 21 heavy (non-hydrogen) atoms. The van der Waals surface area contributed by atoms with Gasteiger partial charge in [0.25, 0.3) is 0 Å². The van der Waals surface area contributed by atoms with Gasteiger partial charge in [-0.25, -0.2) is 17.8 Å². The molecule has 1 aromatic heterocycles. The number of benzene rings is 1. The van der Waals surface area contributed by atoms with Crippen molar-refractivity contribution in [1.82, 2.24) is 4.98 Å². The van der Waals surface area contributed by atoms with Crippen LogP contribution in [0, 0.1) is 5.82 Å². The lowest BCUT2D eigenvalue weighted by molar-refractivity contribution is 0.602. The van der Waals surface area contributed by atoms with Crippen LogP contribution in [0.1, 0.15) is 0 Å². The third kappa shape index (κ3) is 5.24. The molecule has 2 aromatic rings. The van der Waals surface area contributed by atoms with Crippen LogP contribution < -0.4 is 10.5 Å². The molecule has 0 aliphatic rings. The zero-order valence-corrected chi connectivity index (χ0v) is 12.6. The monoisotopic (exact) mass is 327 g/mol. The Bertz CT molecular complexity index is 706. The maximum Gasteiger partial charge on any atom is 0.234 e. The van der Waals surface area contributed by atoms with Crippen LogP contribution in [-0.2, 0) is 10.0 Å². The van der Waals surface area contributed by atoms with E-state index in [1.807, 2.05) is 12.1 Å². The zero-order valence-electron chi connectivity index (χ0n) is 11.0. The maximum absolute atomic E-state index is 12.7. The van der Waals surface area contributed by atoms with Gasteiger partial charge in [0.15, 0.2) is 0 Å². The predicted molar refractivity (Wildman–Crippen MR) is 83.2 cm³/mol. The Kier molecular flexibility index (Phi) is 5.03. The van der Waals surface area contributed by atoms with Crippen LogP contribution in [-0.4, -0.2) is 24.9 Å².